The maximum absolute atomic E-state index is 13.1. The van der Waals surface area contributed by atoms with Gasteiger partial charge < -0.3 is 15.4 Å². The molecule has 0 aliphatic rings. The number of benzene rings is 2. The molecule has 0 unspecified atom stereocenters. The summed E-state index contributed by atoms with van der Waals surface area (Å²) in [6.07, 6.45) is -4.47. The van der Waals surface area contributed by atoms with Crippen molar-refractivity contribution in [2.24, 2.45) is 0 Å². The van der Waals surface area contributed by atoms with Crippen molar-refractivity contribution in [1.29, 1.82) is 0 Å². The van der Waals surface area contributed by atoms with E-state index in [4.69, 9.17) is 10.5 Å². The van der Waals surface area contributed by atoms with E-state index in [9.17, 15) is 13.2 Å². The van der Waals surface area contributed by atoms with Crippen molar-refractivity contribution in [2.75, 3.05) is 24.8 Å². The van der Waals surface area contributed by atoms with Crippen LogP contribution >= 0.6 is 0 Å². The Kier molecular flexibility index (Phi) is 3.97. The number of nitrogens with two attached hydrogens (primary N) is 1. The van der Waals surface area contributed by atoms with E-state index >= 15 is 0 Å². The minimum absolute atomic E-state index is 0.0434. The summed E-state index contributed by atoms with van der Waals surface area (Å²) in [6.45, 7) is 0. The highest BCUT2D eigenvalue weighted by atomic mass is 19.4. The summed E-state index contributed by atoms with van der Waals surface area (Å²) in [5.74, 6) is 0.639. The molecule has 0 radical (unpaired) electrons. The van der Waals surface area contributed by atoms with Gasteiger partial charge in [0.2, 0.25) is 0 Å². The molecule has 0 saturated heterocycles. The second-order valence-corrected chi connectivity index (χ2v) is 4.53. The number of nitrogens with zero attached hydrogens (tertiary/aromatic N) is 1. The fourth-order valence-electron chi connectivity index (χ4n) is 2.02. The van der Waals surface area contributed by atoms with Crippen LogP contribution in [0.5, 0.6) is 5.75 Å². The van der Waals surface area contributed by atoms with Crippen molar-refractivity contribution in [1.82, 2.24) is 0 Å². The predicted molar refractivity (Wildman–Crippen MR) is 76.9 cm³/mol. The largest absolute Gasteiger partial charge is 0.497 e. The van der Waals surface area contributed by atoms with E-state index in [1.165, 1.54) is 24.1 Å². The van der Waals surface area contributed by atoms with Crippen LogP contribution in [-0.2, 0) is 6.18 Å². The molecule has 2 N–H and O–H groups in total. The van der Waals surface area contributed by atoms with Crippen molar-refractivity contribution in [3.05, 3.63) is 48.0 Å². The number of hydrogen-bond acceptors (Lipinski definition) is 3. The number of anilines is 3. The van der Waals surface area contributed by atoms with Crippen molar-refractivity contribution in [3.8, 4) is 5.75 Å². The van der Waals surface area contributed by atoms with Crippen LogP contribution in [0.15, 0.2) is 42.5 Å². The van der Waals surface area contributed by atoms with Gasteiger partial charge in [0.05, 0.1) is 18.4 Å². The van der Waals surface area contributed by atoms with Gasteiger partial charge in [-0.2, -0.15) is 13.2 Å². The highest BCUT2D eigenvalue weighted by Crippen LogP contribution is 2.39. The number of halogens is 3. The van der Waals surface area contributed by atoms with E-state index in [0.717, 1.165) is 6.07 Å². The summed E-state index contributed by atoms with van der Waals surface area (Å²) in [5, 5.41) is 0. The molecule has 0 aromatic heterocycles. The van der Waals surface area contributed by atoms with Gasteiger partial charge in [0.25, 0.3) is 0 Å². The molecule has 6 heteroatoms. The molecule has 0 heterocycles. The van der Waals surface area contributed by atoms with Crippen LogP contribution < -0.4 is 15.4 Å². The lowest BCUT2D eigenvalue weighted by Gasteiger charge is -2.24. The molecule has 3 nitrogen and oxygen atoms in total. The summed E-state index contributed by atoms with van der Waals surface area (Å²) in [5.41, 5.74) is 5.44. The Morgan fingerprint density at radius 1 is 1.05 bits per heavy atom. The Balaban J connectivity index is 2.44. The quantitative estimate of drug-likeness (QED) is 0.868. The predicted octanol–water partition coefficient (Wildman–Crippen LogP) is 4.06. The number of hydrogen-bond donors (Lipinski definition) is 1. The molecule has 0 spiro atoms. The van der Waals surface area contributed by atoms with Crippen LogP contribution in [0.2, 0.25) is 0 Å². The zero-order valence-electron chi connectivity index (χ0n) is 11.6. The standard InChI is InChI=1S/C15H15F3N2O/c1-20(11-4-6-12(21-2)7-5-11)14-8-3-10(19)9-13(14)15(16,17)18/h3-9H,19H2,1-2H3. The molecule has 0 bridgehead atoms. The Morgan fingerprint density at radius 3 is 2.19 bits per heavy atom. The van der Waals surface area contributed by atoms with E-state index in [-0.39, 0.29) is 11.4 Å². The lowest BCUT2D eigenvalue weighted by atomic mass is 10.1. The molecule has 0 fully saturated rings. The first-order chi connectivity index (χ1) is 9.82. The van der Waals surface area contributed by atoms with E-state index in [2.05, 4.69) is 0 Å². The molecule has 21 heavy (non-hydrogen) atoms. The van der Waals surface area contributed by atoms with E-state index in [0.29, 0.717) is 11.4 Å². The lowest BCUT2D eigenvalue weighted by Crippen LogP contribution is -2.17. The van der Waals surface area contributed by atoms with Gasteiger partial charge in [-0.05, 0) is 42.5 Å². The van der Waals surface area contributed by atoms with Crippen molar-refractivity contribution in [2.45, 2.75) is 6.18 Å². The Morgan fingerprint density at radius 2 is 1.67 bits per heavy atom. The van der Waals surface area contributed by atoms with Gasteiger partial charge in [0, 0.05) is 18.4 Å². The fraction of sp³-hybridized carbons (Fsp3) is 0.200. The monoisotopic (exact) mass is 296 g/mol. The molecule has 2 aromatic carbocycles. The summed E-state index contributed by atoms with van der Waals surface area (Å²) < 4.78 is 44.4. The zero-order chi connectivity index (χ0) is 15.6. The van der Waals surface area contributed by atoms with Gasteiger partial charge in [-0.3, -0.25) is 0 Å². The third-order valence-corrected chi connectivity index (χ3v) is 3.15. The lowest BCUT2D eigenvalue weighted by molar-refractivity contribution is -0.137. The molecule has 0 saturated carbocycles. The summed E-state index contributed by atoms with van der Waals surface area (Å²) in [4.78, 5) is 1.46. The Hall–Kier alpha value is -2.37. The minimum atomic E-state index is -4.47. The van der Waals surface area contributed by atoms with Crippen LogP contribution in [0.3, 0.4) is 0 Å². The second kappa shape index (κ2) is 5.55. The molecule has 0 aliphatic carbocycles. The van der Waals surface area contributed by atoms with E-state index < -0.39 is 11.7 Å². The zero-order valence-corrected chi connectivity index (χ0v) is 11.6. The van der Waals surface area contributed by atoms with Crippen LogP contribution in [0, 0.1) is 0 Å². The first kappa shape index (κ1) is 15.0. The fourth-order valence-corrected chi connectivity index (χ4v) is 2.02. The SMILES string of the molecule is COc1ccc(N(C)c2ccc(N)cc2C(F)(F)F)cc1. The van der Waals surface area contributed by atoms with Crippen LogP contribution in [0.1, 0.15) is 5.56 Å². The Bertz CT molecular complexity index is 624. The molecule has 2 aromatic rings. The third-order valence-electron chi connectivity index (χ3n) is 3.15. The van der Waals surface area contributed by atoms with Crippen LogP contribution in [-0.4, -0.2) is 14.2 Å². The van der Waals surface area contributed by atoms with Crippen LogP contribution in [0.4, 0.5) is 30.2 Å². The molecule has 112 valence electrons. The van der Waals surface area contributed by atoms with Gasteiger partial charge >= 0.3 is 6.18 Å². The molecule has 0 atom stereocenters. The smallest absolute Gasteiger partial charge is 0.418 e. The van der Waals surface area contributed by atoms with Gasteiger partial charge in [-0.25, -0.2) is 0 Å². The summed E-state index contributed by atoms with van der Waals surface area (Å²) in [7, 11) is 3.10. The van der Waals surface area contributed by atoms with Gasteiger partial charge in [-0.15, -0.1) is 0 Å². The van der Waals surface area contributed by atoms with Crippen LogP contribution in [0.25, 0.3) is 0 Å². The maximum Gasteiger partial charge on any atom is 0.418 e. The average molecular weight is 296 g/mol. The van der Waals surface area contributed by atoms with Gasteiger partial charge in [0.1, 0.15) is 5.75 Å². The van der Waals surface area contributed by atoms with Crippen molar-refractivity contribution in [3.63, 3.8) is 0 Å². The highest BCUT2D eigenvalue weighted by Gasteiger charge is 2.34. The second-order valence-electron chi connectivity index (χ2n) is 4.53. The number of nitrogen functional groups attached to an aromatic ring is 1. The average Bonchev–Trinajstić information content (AvgIpc) is 2.45. The van der Waals surface area contributed by atoms with Crippen molar-refractivity contribution >= 4 is 17.1 Å². The number of rotatable bonds is 3. The normalized spacial score (nSPS) is 11.3. The minimum Gasteiger partial charge on any atom is -0.497 e. The van der Waals surface area contributed by atoms with E-state index in [1.807, 2.05) is 0 Å². The number of alkyl halides is 3. The highest BCUT2D eigenvalue weighted by molar-refractivity contribution is 5.69. The van der Waals surface area contributed by atoms with Gasteiger partial charge in [-0.1, -0.05) is 0 Å². The third kappa shape index (κ3) is 3.21. The first-order valence-electron chi connectivity index (χ1n) is 6.17. The number of methoxy groups -OCH3 is 1. The van der Waals surface area contributed by atoms with Gasteiger partial charge in [0.15, 0.2) is 0 Å². The summed E-state index contributed by atoms with van der Waals surface area (Å²) >= 11 is 0. The first-order valence-corrected chi connectivity index (χ1v) is 6.17. The topological polar surface area (TPSA) is 38.5 Å². The molecular formula is C15H15F3N2O. The van der Waals surface area contributed by atoms with Crippen molar-refractivity contribution < 1.29 is 17.9 Å². The van der Waals surface area contributed by atoms with E-state index in [1.54, 1.807) is 31.3 Å². The molecule has 0 amide bonds. The maximum atomic E-state index is 13.1. The molecule has 2 rings (SSSR count). The Labute approximate surface area is 120 Å². The molecule has 0 aliphatic heterocycles. The molecular weight excluding hydrogens is 281 g/mol. The summed E-state index contributed by atoms with van der Waals surface area (Å²) in [6, 6.07) is 10.5. The number of ether oxygens (including phenoxy) is 1.